The Morgan fingerprint density at radius 1 is 1.35 bits per heavy atom. The molecule has 1 N–H and O–H groups in total. The minimum absolute atomic E-state index is 0.171. The van der Waals surface area contributed by atoms with E-state index < -0.39 is 20.7 Å². The van der Waals surface area contributed by atoms with E-state index in [-0.39, 0.29) is 19.3 Å². The van der Waals surface area contributed by atoms with Crippen molar-refractivity contribution < 1.29 is 27.8 Å². The summed E-state index contributed by atoms with van der Waals surface area (Å²) in [7, 11) is -1.82. The predicted molar refractivity (Wildman–Crippen MR) is 70.9 cm³/mol. The molecule has 1 aliphatic carbocycles. The molecule has 1 saturated carbocycles. The van der Waals surface area contributed by atoms with Gasteiger partial charge in [0.2, 0.25) is 10.0 Å². The molecule has 1 saturated heterocycles. The van der Waals surface area contributed by atoms with E-state index in [1.54, 1.807) is 0 Å². The molecule has 0 aromatic carbocycles. The predicted octanol–water partition coefficient (Wildman–Crippen LogP) is 0.0608. The minimum atomic E-state index is -3.33. The number of nitrogens with zero attached hydrogens (tertiary/aromatic N) is 1. The van der Waals surface area contributed by atoms with E-state index in [1.807, 2.05) is 0 Å². The summed E-state index contributed by atoms with van der Waals surface area (Å²) in [5, 5.41) is 8.55. The molecule has 8 heteroatoms. The fourth-order valence-electron chi connectivity index (χ4n) is 2.58. The molecule has 2 aliphatic rings. The molecule has 0 atom stereocenters. The molecule has 7 nitrogen and oxygen atoms in total. The van der Waals surface area contributed by atoms with Crippen LogP contribution in [0.3, 0.4) is 0 Å². The van der Waals surface area contributed by atoms with E-state index in [1.165, 1.54) is 11.4 Å². The van der Waals surface area contributed by atoms with Gasteiger partial charge in [-0.1, -0.05) is 0 Å². The van der Waals surface area contributed by atoms with Crippen LogP contribution in [0.1, 0.15) is 25.7 Å². The normalized spacial score (nSPS) is 23.6. The van der Waals surface area contributed by atoms with E-state index in [4.69, 9.17) is 14.6 Å². The number of hydrogen-bond acceptors (Lipinski definition) is 5. The Labute approximate surface area is 118 Å². The second-order valence-electron chi connectivity index (χ2n) is 5.42. The van der Waals surface area contributed by atoms with Gasteiger partial charge in [-0.15, -0.1) is 0 Å². The van der Waals surface area contributed by atoms with Gasteiger partial charge in [-0.2, -0.15) is 0 Å². The molecular formula is C12H21NO6S. The van der Waals surface area contributed by atoms with Crippen LogP contribution in [0.4, 0.5) is 0 Å². The first-order chi connectivity index (χ1) is 9.41. The van der Waals surface area contributed by atoms with Crippen LogP contribution in [0, 0.1) is 0 Å². The van der Waals surface area contributed by atoms with Gasteiger partial charge in [0.15, 0.2) is 0 Å². The van der Waals surface area contributed by atoms with Crippen molar-refractivity contribution in [2.24, 2.45) is 0 Å². The van der Waals surface area contributed by atoms with Gasteiger partial charge in [0, 0.05) is 20.2 Å². The number of hydrogen-bond donors (Lipinski definition) is 1. The van der Waals surface area contributed by atoms with Crippen molar-refractivity contribution in [1.82, 2.24) is 4.31 Å². The Morgan fingerprint density at radius 2 is 1.95 bits per heavy atom. The van der Waals surface area contributed by atoms with Crippen LogP contribution in [-0.4, -0.2) is 68.1 Å². The number of carboxylic acids is 1. The summed E-state index contributed by atoms with van der Waals surface area (Å²) in [6.45, 7) is 0.686. The van der Waals surface area contributed by atoms with Crippen LogP contribution in [0.5, 0.6) is 0 Å². The average molecular weight is 307 g/mol. The van der Waals surface area contributed by atoms with Crippen molar-refractivity contribution in [3.05, 3.63) is 0 Å². The number of carbonyl (C=O) groups is 1. The highest BCUT2D eigenvalue weighted by molar-refractivity contribution is 7.90. The summed E-state index contributed by atoms with van der Waals surface area (Å²) in [4.78, 5) is 10.4. The van der Waals surface area contributed by atoms with Gasteiger partial charge in [0.1, 0.15) is 11.4 Å². The molecule has 0 amide bonds. The fourth-order valence-corrected chi connectivity index (χ4v) is 4.71. The number of piperidine rings is 1. The van der Waals surface area contributed by atoms with Crippen LogP contribution < -0.4 is 0 Å². The van der Waals surface area contributed by atoms with E-state index >= 15 is 0 Å². The number of carboxylic acid groups (broad SMARTS) is 1. The highest BCUT2D eigenvalue weighted by Gasteiger charge is 2.57. The molecule has 20 heavy (non-hydrogen) atoms. The van der Waals surface area contributed by atoms with Crippen molar-refractivity contribution in [1.29, 1.82) is 0 Å². The lowest BCUT2D eigenvalue weighted by atomic mass is 10.1. The lowest BCUT2D eigenvalue weighted by Gasteiger charge is -2.33. The molecule has 2 rings (SSSR count). The molecular weight excluding hydrogens is 286 g/mol. The highest BCUT2D eigenvalue weighted by Crippen LogP contribution is 2.45. The maximum Gasteiger partial charge on any atom is 0.329 e. The average Bonchev–Trinajstić information content (AvgIpc) is 3.19. The summed E-state index contributed by atoms with van der Waals surface area (Å²) in [5.74, 6) is -1.00. The van der Waals surface area contributed by atoms with Crippen molar-refractivity contribution in [3.8, 4) is 0 Å². The molecule has 1 aliphatic heterocycles. The van der Waals surface area contributed by atoms with Crippen LogP contribution in [-0.2, 0) is 24.3 Å². The molecule has 0 bridgehead atoms. The standard InChI is InChI=1S/C12H21NO6S/c1-18-9-12(4-5-12)20(16,17)13-6-2-10(3-7-13)19-8-11(14)15/h10H,2-9H2,1H3,(H,14,15). The quantitative estimate of drug-likeness (QED) is 0.715. The molecule has 116 valence electrons. The fraction of sp³-hybridized carbons (Fsp3) is 0.917. The van der Waals surface area contributed by atoms with E-state index in [0.717, 1.165) is 0 Å². The largest absolute Gasteiger partial charge is 0.480 e. The number of methoxy groups -OCH3 is 1. The summed E-state index contributed by atoms with van der Waals surface area (Å²) >= 11 is 0. The van der Waals surface area contributed by atoms with Crippen LogP contribution >= 0.6 is 0 Å². The van der Waals surface area contributed by atoms with Crippen LogP contribution in [0.15, 0.2) is 0 Å². The summed E-state index contributed by atoms with van der Waals surface area (Å²) < 4.78 is 36.1. The van der Waals surface area contributed by atoms with Crippen molar-refractivity contribution >= 4 is 16.0 Å². The topological polar surface area (TPSA) is 93.1 Å². The molecule has 0 spiro atoms. The highest BCUT2D eigenvalue weighted by atomic mass is 32.2. The molecule has 1 heterocycles. The Kier molecular flexibility index (Phi) is 4.68. The third kappa shape index (κ3) is 3.13. The van der Waals surface area contributed by atoms with Crippen molar-refractivity contribution in [2.45, 2.75) is 36.5 Å². The maximum absolute atomic E-state index is 12.5. The molecule has 0 aromatic rings. The lowest BCUT2D eigenvalue weighted by Crippen LogP contribution is -2.47. The summed E-state index contributed by atoms with van der Waals surface area (Å²) in [6, 6.07) is 0. The van der Waals surface area contributed by atoms with Gasteiger partial charge in [0.25, 0.3) is 0 Å². The van der Waals surface area contributed by atoms with Gasteiger partial charge in [-0.05, 0) is 25.7 Å². The first-order valence-electron chi connectivity index (χ1n) is 6.73. The van der Waals surface area contributed by atoms with E-state index in [9.17, 15) is 13.2 Å². The van der Waals surface area contributed by atoms with Gasteiger partial charge in [-0.25, -0.2) is 17.5 Å². The lowest BCUT2D eigenvalue weighted by molar-refractivity contribution is -0.145. The zero-order valence-corrected chi connectivity index (χ0v) is 12.4. The maximum atomic E-state index is 12.5. The third-order valence-corrected chi connectivity index (χ3v) is 6.61. The molecule has 0 unspecified atom stereocenters. The number of rotatable bonds is 7. The zero-order chi connectivity index (χ0) is 14.8. The summed E-state index contributed by atoms with van der Waals surface area (Å²) in [5.41, 5.74) is 0. The van der Waals surface area contributed by atoms with Crippen LogP contribution in [0.25, 0.3) is 0 Å². The Hall–Kier alpha value is -0.700. The Balaban J connectivity index is 1.89. The summed E-state index contributed by atoms with van der Waals surface area (Å²) in [6.07, 6.45) is 2.21. The smallest absolute Gasteiger partial charge is 0.329 e. The number of ether oxygens (including phenoxy) is 2. The monoisotopic (exact) mass is 307 g/mol. The second kappa shape index (κ2) is 5.97. The van der Waals surface area contributed by atoms with Gasteiger partial charge >= 0.3 is 5.97 Å². The molecule has 2 fully saturated rings. The van der Waals surface area contributed by atoms with E-state index in [0.29, 0.717) is 38.8 Å². The second-order valence-corrected chi connectivity index (χ2v) is 7.76. The number of aliphatic carboxylic acids is 1. The van der Waals surface area contributed by atoms with Gasteiger partial charge < -0.3 is 14.6 Å². The SMILES string of the molecule is COCC1(S(=O)(=O)N2CCC(OCC(=O)O)CC2)CC1. The molecule has 0 aromatic heterocycles. The minimum Gasteiger partial charge on any atom is -0.480 e. The first-order valence-corrected chi connectivity index (χ1v) is 8.17. The Morgan fingerprint density at radius 3 is 2.40 bits per heavy atom. The number of sulfonamides is 1. The van der Waals surface area contributed by atoms with Gasteiger partial charge in [0.05, 0.1) is 12.7 Å². The van der Waals surface area contributed by atoms with Crippen LogP contribution in [0.2, 0.25) is 0 Å². The zero-order valence-electron chi connectivity index (χ0n) is 11.6. The first kappa shape index (κ1) is 15.7. The molecule has 0 radical (unpaired) electrons. The van der Waals surface area contributed by atoms with Crippen molar-refractivity contribution in [2.75, 3.05) is 33.4 Å². The Bertz CT molecular complexity index is 451. The van der Waals surface area contributed by atoms with Gasteiger partial charge in [-0.3, -0.25) is 0 Å². The van der Waals surface area contributed by atoms with Crippen molar-refractivity contribution in [3.63, 3.8) is 0 Å². The van der Waals surface area contributed by atoms with E-state index in [2.05, 4.69) is 0 Å². The third-order valence-electron chi connectivity index (χ3n) is 3.95.